The number of hydrogen-bond acceptors (Lipinski definition) is 4. The Morgan fingerprint density at radius 2 is 1.83 bits per heavy atom. The molecule has 4 rings (SSSR count). The third-order valence-electron chi connectivity index (χ3n) is 4.80. The van der Waals surface area contributed by atoms with Gasteiger partial charge in [-0.25, -0.2) is 8.42 Å². The number of rotatable bonds is 5. The topological polar surface area (TPSA) is 64.8 Å². The van der Waals surface area contributed by atoms with Gasteiger partial charge >= 0.3 is 0 Å². The molecule has 1 heterocycles. The molecule has 2 aromatic rings. The lowest BCUT2D eigenvalue weighted by molar-refractivity contribution is 0.588. The number of sulfone groups is 1. The summed E-state index contributed by atoms with van der Waals surface area (Å²) >= 11 is 0. The van der Waals surface area contributed by atoms with Gasteiger partial charge in [0.1, 0.15) is 17.4 Å². The van der Waals surface area contributed by atoms with Gasteiger partial charge in [-0.05, 0) is 62.8 Å². The third kappa shape index (κ3) is 2.80. The zero-order chi connectivity index (χ0) is 16.2. The van der Waals surface area contributed by atoms with Gasteiger partial charge in [0.2, 0.25) is 0 Å². The van der Waals surface area contributed by atoms with Crippen LogP contribution in [0.15, 0.2) is 23.1 Å². The molecule has 0 unspecified atom stereocenters. The SMILES string of the molecule is Cc1ccc(S(=O)(=O)Cc2nnc(C3CC3)n2C2CC2)cc1C. The van der Waals surface area contributed by atoms with Crippen LogP contribution in [0.4, 0.5) is 0 Å². The minimum atomic E-state index is -3.40. The van der Waals surface area contributed by atoms with E-state index in [1.807, 2.05) is 19.9 Å². The van der Waals surface area contributed by atoms with Crippen molar-refractivity contribution in [2.75, 3.05) is 0 Å². The van der Waals surface area contributed by atoms with Crippen molar-refractivity contribution in [1.29, 1.82) is 0 Å². The first-order valence-corrected chi connectivity index (χ1v) is 9.84. The molecule has 0 spiro atoms. The molecule has 23 heavy (non-hydrogen) atoms. The van der Waals surface area contributed by atoms with E-state index < -0.39 is 9.84 Å². The molecule has 0 amide bonds. The fourth-order valence-corrected chi connectivity index (χ4v) is 4.28. The quantitative estimate of drug-likeness (QED) is 0.844. The largest absolute Gasteiger partial charge is 0.311 e. The summed E-state index contributed by atoms with van der Waals surface area (Å²) in [7, 11) is -3.40. The number of aryl methyl sites for hydroxylation is 2. The minimum Gasteiger partial charge on any atom is -0.311 e. The van der Waals surface area contributed by atoms with Crippen LogP contribution in [0.3, 0.4) is 0 Å². The first-order chi connectivity index (χ1) is 11.0. The van der Waals surface area contributed by atoms with Gasteiger partial charge in [-0.3, -0.25) is 0 Å². The Morgan fingerprint density at radius 3 is 2.43 bits per heavy atom. The lowest BCUT2D eigenvalue weighted by Gasteiger charge is -2.10. The van der Waals surface area contributed by atoms with Crippen LogP contribution >= 0.6 is 0 Å². The van der Waals surface area contributed by atoms with Crippen molar-refractivity contribution in [2.24, 2.45) is 0 Å². The summed E-state index contributed by atoms with van der Waals surface area (Å²) in [6, 6.07) is 5.72. The van der Waals surface area contributed by atoms with Crippen molar-refractivity contribution in [3.8, 4) is 0 Å². The number of benzene rings is 1. The third-order valence-corrected chi connectivity index (χ3v) is 6.41. The molecule has 5 nitrogen and oxygen atoms in total. The molecule has 2 aliphatic rings. The first kappa shape index (κ1) is 14.9. The van der Waals surface area contributed by atoms with Gasteiger partial charge in [0.05, 0.1) is 4.90 Å². The summed E-state index contributed by atoms with van der Waals surface area (Å²) < 4.78 is 27.7. The van der Waals surface area contributed by atoms with Gasteiger partial charge in [-0.2, -0.15) is 0 Å². The lowest BCUT2D eigenvalue weighted by atomic mass is 10.1. The number of hydrogen-bond donors (Lipinski definition) is 0. The molecule has 2 fully saturated rings. The van der Waals surface area contributed by atoms with E-state index in [4.69, 9.17) is 0 Å². The summed E-state index contributed by atoms with van der Waals surface area (Å²) in [5, 5.41) is 8.52. The normalized spacial score (nSPS) is 18.3. The van der Waals surface area contributed by atoms with E-state index in [2.05, 4.69) is 14.8 Å². The van der Waals surface area contributed by atoms with E-state index >= 15 is 0 Å². The second-order valence-corrected chi connectivity index (χ2v) is 8.84. The van der Waals surface area contributed by atoms with Crippen LogP contribution < -0.4 is 0 Å². The second kappa shape index (κ2) is 5.16. The molecule has 0 bridgehead atoms. The monoisotopic (exact) mass is 331 g/mol. The van der Waals surface area contributed by atoms with E-state index in [9.17, 15) is 8.42 Å². The summed E-state index contributed by atoms with van der Waals surface area (Å²) in [6.45, 7) is 3.92. The zero-order valence-corrected chi connectivity index (χ0v) is 14.3. The maximum absolute atomic E-state index is 12.8. The van der Waals surface area contributed by atoms with Gasteiger partial charge in [0, 0.05) is 12.0 Å². The van der Waals surface area contributed by atoms with E-state index in [0.29, 0.717) is 22.7 Å². The second-order valence-electron chi connectivity index (χ2n) is 6.86. The molecule has 1 aromatic heterocycles. The summed E-state index contributed by atoms with van der Waals surface area (Å²) in [5.41, 5.74) is 2.09. The molecule has 0 aliphatic heterocycles. The van der Waals surface area contributed by atoms with E-state index in [1.165, 1.54) is 0 Å². The van der Waals surface area contributed by atoms with Crippen LogP contribution in [0, 0.1) is 13.8 Å². The highest BCUT2D eigenvalue weighted by molar-refractivity contribution is 7.90. The highest BCUT2D eigenvalue weighted by Crippen LogP contribution is 2.45. The van der Waals surface area contributed by atoms with Crippen molar-refractivity contribution in [2.45, 2.75) is 62.1 Å². The maximum Gasteiger partial charge on any atom is 0.185 e. The Labute approximate surface area is 136 Å². The number of aromatic nitrogens is 3. The molecule has 122 valence electrons. The van der Waals surface area contributed by atoms with E-state index in [0.717, 1.165) is 42.6 Å². The van der Waals surface area contributed by atoms with Gasteiger partial charge < -0.3 is 4.57 Å². The molecule has 1 aromatic carbocycles. The standard InChI is InChI=1S/C17H21N3O2S/c1-11-3-8-15(9-12(11)2)23(21,22)10-16-18-19-17(13-4-5-13)20(16)14-6-7-14/h3,8-9,13-14H,4-7,10H2,1-2H3. The summed E-state index contributed by atoms with van der Waals surface area (Å²) in [5.74, 6) is 2.03. The van der Waals surface area contributed by atoms with Crippen molar-refractivity contribution in [1.82, 2.24) is 14.8 Å². The average Bonchev–Trinajstić information content (AvgIpc) is 3.41. The van der Waals surface area contributed by atoms with Crippen LogP contribution in [0.2, 0.25) is 0 Å². The van der Waals surface area contributed by atoms with E-state index in [-0.39, 0.29) is 5.75 Å². The van der Waals surface area contributed by atoms with Gasteiger partial charge in [-0.15, -0.1) is 10.2 Å². The Morgan fingerprint density at radius 1 is 1.09 bits per heavy atom. The predicted octanol–water partition coefficient (Wildman–Crippen LogP) is 3.08. The molecule has 2 aliphatic carbocycles. The fraction of sp³-hybridized carbons (Fsp3) is 0.529. The maximum atomic E-state index is 12.8. The Bertz CT molecular complexity index is 862. The van der Waals surface area contributed by atoms with Crippen molar-refractivity contribution in [3.05, 3.63) is 41.0 Å². The van der Waals surface area contributed by atoms with Crippen LogP contribution in [0.1, 0.15) is 60.4 Å². The lowest BCUT2D eigenvalue weighted by Crippen LogP contribution is -2.12. The highest BCUT2D eigenvalue weighted by Gasteiger charge is 2.37. The summed E-state index contributed by atoms with van der Waals surface area (Å²) in [6.07, 6.45) is 4.51. The van der Waals surface area contributed by atoms with Crippen LogP contribution in [0.25, 0.3) is 0 Å². The molecule has 0 N–H and O–H groups in total. The summed E-state index contributed by atoms with van der Waals surface area (Å²) in [4.78, 5) is 0.374. The predicted molar refractivity (Wildman–Crippen MR) is 87.1 cm³/mol. The van der Waals surface area contributed by atoms with Crippen LogP contribution in [-0.2, 0) is 15.6 Å². The van der Waals surface area contributed by atoms with Gasteiger partial charge in [0.15, 0.2) is 9.84 Å². The minimum absolute atomic E-state index is 0.0638. The molecular formula is C17H21N3O2S. The molecule has 0 saturated heterocycles. The first-order valence-electron chi connectivity index (χ1n) is 8.19. The average molecular weight is 331 g/mol. The van der Waals surface area contributed by atoms with Crippen molar-refractivity contribution < 1.29 is 8.42 Å². The smallest absolute Gasteiger partial charge is 0.185 e. The van der Waals surface area contributed by atoms with Gasteiger partial charge in [-0.1, -0.05) is 6.07 Å². The molecule has 0 radical (unpaired) electrons. The molecular weight excluding hydrogens is 310 g/mol. The Kier molecular flexibility index (Phi) is 3.34. The van der Waals surface area contributed by atoms with Crippen molar-refractivity contribution >= 4 is 9.84 Å². The number of nitrogens with zero attached hydrogens (tertiary/aromatic N) is 3. The molecule has 6 heteroatoms. The van der Waals surface area contributed by atoms with Crippen LogP contribution in [0.5, 0.6) is 0 Å². The van der Waals surface area contributed by atoms with Gasteiger partial charge in [0.25, 0.3) is 0 Å². The van der Waals surface area contributed by atoms with Crippen molar-refractivity contribution in [3.63, 3.8) is 0 Å². The van der Waals surface area contributed by atoms with Crippen LogP contribution in [-0.4, -0.2) is 23.2 Å². The highest BCUT2D eigenvalue weighted by atomic mass is 32.2. The zero-order valence-electron chi connectivity index (χ0n) is 13.5. The molecule has 2 saturated carbocycles. The Hall–Kier alpha value is -1.69. The Balaban J connectivity index is 1.68. The van der Waals surface area contributed by atoms with E-state index in [1.54, 1.807) is 12.1 Å². The molecule has 0 atom stereocenters. The fourth-order valence-electron chi connectivity index (χ4n) is 2.95.